The van der Waals surface area contributed by atoms with Gasteiger partial charge in [-0.1, -0.05) is 23.4 Å². The molecule has 0 saturated heterocycles. The first-order chi connectivity index (χ1) is 10.5. The quantitative estimate of drug-likeness (QED) is 0.645. The number of thioether (sulfide) groups is 1. The number of carbonyl (C=O) groups excluding carboxylic acids is 1. The monoisotopic (exact) mass is 339 g/mol. The van der Waals surface area contributed by atoms with E-state index in [1.54, 1.807) is 18.2 Å². The van der Waals surface area contributed by atoms with Crippen LogP contribution in [-0.2, 0) is 4.79 Å². The van der Waals surface area contributed by atoms with Gasteiger partial charge in [-0.15, -0.1) is 0 Å². The summed E-state index contributed by atoms with van der Waals surface area (Å²) in [6.45, 7) is 1.81. The first-order valence-corrected chi connectivity index (χ1v) is 7.68. The number of nitrogens with zero attached hydrogens (tertiary/aromatic N) is 1. The molecule has 22 heavy (non-hydrogen) atoms. The largest absolute Gasteiger partial charge is 0.495 e. The Morgan fingerprint density at radius 3 is 3.00 bits per heavy atom. The Hall–Kier alpha value is -1.99. The van der Waals surface area contributed by atoms with E-state index in [-0.39, 0.29) is 11.7 Å². The number of halogens is 1. The molecule has 0 aliphatic rings. The molecule has 0 unspecified atom stereocenters. The van der Waals surface area contributed by atoms with E-state index in [1.165, 1.54) is 25.1 Å². The molecule has 2 aromatic rings. The zero-order valence-corrected chi connectivity index (χ0v) is 13.5. The molecular formula is C14H14ClN3O3S. The van der Waals surface area contributed by atoms with Gasteiger partial charge in [0.05, 0.1) is 23.6 Å². The molecule has 2 N–H and O–H groups in total. The summed E-state index contributed by atoms with van der Waals surface area (Å²) in [6, 6.07) is 4.97. The van der Waals surface area contributed by atoms with E-state index >= 15 is 0 Å². The number of nitrogens with one attached hydrogen (secondary N) is 2. The molecule has 0 aliphatic carbocycles. The van der Waals surface area contributed by atoms with Crippen molar-refractivity contribution in [2.45, 2.75) is 11.9 Å². The van der Waals surface area contributed by atoms with Crippen LogP contribution in [0.25, 0.3) is 0 Å². The van der Waals surface area contributed by atoms with Crippen LogP contribution in [-0.4, -0.2) is 28.7 Å². The van der Waals surface area contributed by atoms with Crippen LogP contribution >= 0.6 is 23.4 Å². The number of benzene rings is 1. The van der Waals surface area contributed by atoms with E-state index < -0.39 is 5.69 Å². The van der Waals surface area contributed by atoms with Crippen LogP contribution in [0.3, 0.4) is 0 Å². The molecule has 1 heterocycles. The van der Waals surface area contributed by atoms with Crippen molar-refractivity contribution in [1.82, 2.24) is 9.97 Å². The highest BCUT2D eigenvalue weighted by Gasteiger charge is 2.10. The Morgan fingerprint density at radius 2 is 2.27 bits per heavy atom. The number of aromatic nitrogens is 2. The van der Waals surface area contributed by atoms with E-state index in [0.717, 1.165) is 5.56 Å². The maximum atomic E-state index is 12.0. The minimum Gasteiger partial charge on any atom is -0.495 e. The van der Waals surface area contributed by atoms with Crippen molar-refractivity contribution >= 4 is 35.0 Å². The third-order valence-electron chi connectivity index (χ3n) is 2.74. The Bertz CT molecular complexity index is 748. The van der Waals surface area contributed by atoms with Gasteiger partial charge in [0.2, 0.25) is 5.91 Å². The number of rotatable bonds is 5. The smallest absolute Gasteiger partial charge is 0.345 e. The standard InChI is InChI=1S/C14H14ClN3O3S/c1-8-6-16-14(20)18-13(8)22-7-12(19)17-10-5-9(15)3-4-11(10)21-2/h3-6H,7H2,1-2H3,(H,17,19)(H,16,18,20). The number of aromatic amines is 1. The lowest BCUT2D eigenvalue weighted by molar-refractivity contribution is -0.113. The maximum Gasteiger partial charge on any atom is 0.345 e. The summed E-state index contributed by atoms with van der Waals surface area (Å²) >= 11 is 7.13. The average Bonchev–Trinajstić information content (AvgIpc) is 2.48. The Balaban J connectivity index is 2.03. The molecule has 1 aromatic carbocycles. The molecule has 0 aliphatic heterocycles. The molecule has 2 rings (SSSR count). The van der Waals surface area contributed by atoms with Crippen LogP contribution in [0, 0.1) is 6.92 Å². The van der Waals surface area contributed by atoms with Gasteiger partial charge in [0, 0.05) is 11.2 Å². The normalized spacial score (nSPS) is 10.3. The fraction of sp³-hybridized carbons (Fsp3) is 0.214. The van der Waals surface area contributed by atoms with Gasteiger partial charge in [0.1, 0.15) is 5.75 Å². The number of amides is 1. The number of hydrogen-bond donors (Lipinski definition) is 2. The molecule has 1 aromatic heterocycles. The van der Waals surface area contributed by atoms with Gasteiger partial charge in [0.15, 0.2) is 0 Å². The van der Waals surface area contributed by atoms with Gasteiger partial charge in [-0.3, -0.25) is 4.79 Å². The molecule has 116 valence electrons. The maximum absolute atomic E-state index is 12.0. The number of carbonyl (C=O) groups is 1. The van der Waals surface area contributed by atoms with E-state index in [9.17, 15) is 9.59 Å². The predicted molar refractivity (Wildman–Crippen MR) is 87.0 cm³/mol. The first-order valence-electron chi connectivity index (χ1n) is 6.31. The molecule has 0 radical (unpaired) electrons. The van der Waals surface area contributed by atoms with Gasteiger partial charge in [-0.2, -0.15) is 0 Å². The molecular weight excluding hydrogens is 326 g/mol. The molecule has 0 saturated carbocycles. The van der Waals surface area contributed by atoms with Crippen LogP contribution < -0.4 is 15.7 Å². The number of aryl methyl sites for hydroxylation is 1. The molecule has 1 amide bonds. The van der Waals surface area contributed by atoms with Gasteiger partial charge in [-0.25, -0.2) is 9.78 Å². The van der Waals surface area contributed by atoms with E-state index in [1.807, 2.05) is 6.92 Å². The zero-order valence-electron chi connectivity index (χ0n) is 12.0. The fourth-order valence-corrected chi connectivity index (χ4v) is 2.65. The molecule has 8 heteroatoms. The highest BCUT2D eigenvalue weighted by molar-refractivity contribution is 8.00. The minimum atomic E-state index is -0.440. The molecule has 0 fully saturated rings. The van der Waals surface area contributed by atoms with Crippen LogP contribution in [0.4, 0.5) is 5.69 Å². The fourth-order valence-electron chi connectivity index (χ4n) is 1.69. The first kappa shape index (κ1) is 16.4. The highest BCUT2D eigenvalue weighted by Crippen LogP contribution is 2.28. The highest BCUT2D eigenvalue weighted by atomic mass is 35.5. The van der Waals surface area contributed by atoms with Gasteiger partial charge in [0.25, 0.3) is 0 Å². The van der Waals surface area contributed by atoms with E-state index in [4.69, 9.17) is 16.3 Å². The van der Waals surface area contributed by atoms with Crippen LogP contribution in [0.1, 0.15) is 5.56 Å². The Labute approximate surface area is 136 Å². The summed E-state index contributed by atoms with van der Waals surface area (Å²) in [7, 11) is 1.51. The number of hydrogen-bond acceptors (Lipinski definition) is 5. The lowest BCUT2D eigenvalue weighted by Crippen LogP contribution is -2.16. The summed E-state index contributed by atoms with van der Waals surface area (Å²) in [5, 5.41) is 3.85. The summed E-state index contributed by atoms with van der Waals surface area (Å²) in [5.41, 5.74) is 0.864. The lowest BCUT2D eigenvalue weighted by Gasteiger charge is -2.10. The van der Waals surface area contributed by atoms with Crippen molar-refractivity contribution in [3.05, 3.63) is 45.5 Å². The lowest BCUT2D eigenvalue weighted by atomic mass is 10.3. The molecule has 0 bridgehead atoms. The molecule has 0 spiro atoms. The second-order valence-corrected chi connectivity index (χ2v) is 5.80. The zero-order chi connectivity index (χ0) is 16.1. The van der Waals surface area contributed by atoms with E-state index in [2.05, 4.69) is 15.3 Å². The third kappa shape index (κ3) is 4.25. The summed E-state index contributed by atoms with van der Waals surface area (Å²) in [4.78, 5) is 29.4. The minimum absolute atomic E-state index is 0.135. The van der Waals surface area contributed by atoms with E-state index in [0.29, 0.717) is 21.5 Å². The van der Waals surface area contributed by atoms with Crippen LogP contribution in [0.5, 0.6) is 5.75 Å². The van der Waals surface area contributed by atoms with Crippen molar-refractivity contribution in [3.63, 3.8) is 0 Å². The number of H-pyrrole nitrogens is 1. The van der Waals surface area contributed by atoms with Crippen LogP contribution in [0.15, 0.2) is 34.2 Å². The number of anilines is 1. The van der Waals surface area contributed by atoms with Crippen molar-refractivity contribution in [2.24, 2.45) is 0 Å². The third-order valence-corrected chi connectivity index (χ3v) is 4.09. The predicted octanol–water partition coefficient (Wildman–Crippen LogP) is 2.47. The number of methoxy groups -OCH3 is 1. The summed E-state index contributed by atoms with van der Waals surface area (Å²) < 4.78 is 5.16. The molecule has 0 atom stereocenters. The van der Waals surface area contributed by atoms with Crippen molar-refractivity contribution < 1.29 is 9.53 Å². The second-order valence-electron chi connectivity index (χ2n) is 4.38. The Kier molecular flexibility index (Phi) is 5.46. The van der Waals surface area contributed by atoms with Crippen molar-refractivity contribution in [2.75, 3.05) is 18.2 Å². The topological polar surface area (TPSA) is 84.1 Å². The van der Waals surface area contributed by atoms with Gasteiger partial charge >= 0.3 is 5.69 Å². The van der Waals surface area contributed by atoms with Crippen LogP contribution in [0.2, 0.25) is 5.02 Å². The second kappa shape index (κ2) is 7.33. The number of ether oxygens (including phenoxy) is 1. The van der Waals surface area contributed by atoms with Gasteiger partial charge in [-0.05, 0) is 30.7 Å². The summed E-state index contributed by atoms with van der Waals surface area (Å²) in [5.74, 6) is 0.426. The SMILES string of the molecule is COc1ccc(Cl)cc1NC(=O)CSc1[nH]c(=O)ncc1C. The summed E-state index contributed by atoms with van der Waals surface area (Å²) in [6.07, 6.45) is 1.47. The molecule has 6 nitrogen and oxygen atoms in total. The van der Waals surface area contributed by atoms with Crippen molar-refractivity contribution in [1.29, 1.82) is 0 Å². The Morgan fingerprint density at radius 1 is 1.50 bits per heavy atom. The van der Waals surface area contributed by atoms with Gasteiger partial charge < -0.3 is 15.0 Å². The van der Waals surface area contributed by atoms with Crippen molar-refractivity contribution in [3.8, 4) is 5.75 Å². The average molecular weight is 340 g/mol.